The molecular weight excluding hydrogens is 318 g/mol. The van der Waals surface area contributed by atoms with E-state index in [4.69, 9.17) is 4.42 Å². The van der Waals surface area contributed by atoms with Crippen LogP contribution in [0.2, 0.25) is 0 Å². The van der Waals surface area contributed by atoms with E-state index in [1.165, 1.54) is 6.26 Å². The molecular formula is C19H23N3O3. The van der Waals surface area contributed by atoms with Crippen molar-refractivity contribution in [1.29, 1.82) is 0 Å². The van der Waals surface area contributed by atoms with E-state index in [0.29, 0.717) is 38.5 Å². The molecule has 2 aromatic rings. The fourth-order valence-electron chi connectivity index (χ4n) is 2.97. The maximum atomic E-state index is 12.4. The van der Waals surface area contributed by atoms with Crippen molar-refractivity contribution in [2.45, 2.75) is 19.5 Å². The molecule has 1 fully saturated rings. The first-order valence-electron chi connectivity index (χ1n) is 8.53. The zero-order valence-corrected chi connectivity index (χ0v) is 14.4. The van der Waals surface area contributed by atoms with Gasteiger partial charge in [0, 0.05) is 32.7 Å². The Morgan fingerprint density at radius 1 is 1.08 bits per heavy atom. The molecule has 1 atom stereocenters. The first-order chi connectivity index (χ1) is 12.1. The highest BCUT2D eigenvalue weighted by atomic mass is 16.3. The summed E-state index contributed by atoms with van der Waals surface area (Å²) in [6.45, 7) is 4.97. The van der Waals surface area contributed by atoms with Gasteiger partial charge in [-0.1, -0.05) is 30.3 Å². The zero-order chi connectivity index (χ0) is 17.6. The summed E-state index contributed by atoms with van der Waals surface area (Å²) < 4.78 is 5.17. The highest BCUT2D eigenvalue weighted by Gasteiger charge is 2.28. The molecule has 2 amide bonds. The van der Waals surface area contributed by atoms with Gasteiger partial charge in [0.15, 0.2) is 5.76 Å². The van der Waals surface area contributed by atoms with Gasteiger partial charge in [-0.15, -0.1) is 0 Å². The molecule has 0 aliphatic carbocycles. The van der Waals surface area contributed by atoms with Gasteiger partial charge in [-0.25, -0.2) is 0 Å². The molecule has 1 aromatic carbocycles. The van der Waals surface area contributed by atoms with E-state index >= 15 is 0 Å². The Hall–Kier alpha value is -2.60. The van der Waals surface area contributed by atoms with Gasteiger partial charge >= 0.3 is 0 Å². The van der Waals surface area contributed by atoms with Crippen LogP contribution < -0.4 is 5.32 Å². The van der Waals surface area contributed by atoms with Crippen LogP contribution in [-0.4, -0.2) is 53.8 Å². The minimum absolute atomic E-state index is 0.00895. The Kier molecular flexibility index (Phi) is 5.50. The van der Waals surface area contributed by atoms with Gasteiger partial charge in [-0.05, 0) is 24.6 Å². The van der Waals surface area contributed by atoms with Crippen molar-refractivity contribution < 1.29 is 14.0 Å². The van der Waals surface area contributed by atoms with E-state index < -0.39 is 0 Å². The second kappa shape index (κ2) is 7.98. The quantitative estimate of drug-likeness (QED) is 0.900. The summed E-state index contributed by atoms with van der Waals surface area (Å²) in [5, 5.41) is 2.98. The van der Waals surface area contributed by atoms with E-state index in [9.17, 15) is 9.59 Å². The van der Waals surface area contributed by atoms with E-state index in [1.54, 1.807) is 17.0 Å². The van der Waals surface area contributed by atoms with Crippen molar-refractivity contribution in [1.82, 2.24) is 15.1 Å². The molecule has 25 heavy (non-hydrogen) atoms. The van der Waals surface area contributed by atoms with Gasteiger partial charge in [0.1, 0.15) is 0 Å². The lowest BCUT2D eigenvalue weighted by Gasteiger charge is -2.37. The van der Waals surface area contributed by atoms with Gasteiger partial charge in [0.2, 0.25) is 5.91 Å². The molecule has 3 rings (SSSR count). The van der Waals surface area contributed by atoms with E-state index in [-0.39, 0.29) is 17.9 Å². The number of hydrogen-bond donors (Lipinski definition) is 1. The number of rotatable bonds is 5. The molecule has 1 aromatic heterocycles. The summed E-state index contributed by atoms with van der Waals surface area (Å²) in [7, 11) is 0. The standard InChI is InChI=1S/C19H23N3O3/c1-15(18(23)20-14-16-6-3-2-4-7-16)21-9-11-22(12-10-21)19(24)17-8-5-13-25-17/h2-8,13,15H,9-12,14H2,1H3,(H,20,23)/t15-/m0/s1. The van der Waals surface area contributed by atoms with Gasteiger partial charge in [0.05, 0.1) is 12.3 Å². The monoisotopic (exact) mass is 341 g/mol. The lowest BCUT2D eigenvalue weighted by Crippen LogP contribution is -2.54. The molecule has 132 valence electrons. The average Bonchev–Trinajstić information content (AvgIpc) is 3.20. The summed E-state index contributed by atoms with van der Waals surface area (Å²) >= 11 is 0. The fraction of sp³-hybridized carbons (Fsp3) is 0.368. The number of amides is 2. The van der Waals surface area contributed by atoms with Crippen molar-refractivity contribution in [2.24, 2.45) is 0 Å². The Morgan fingerprint density at radius 3 is 2.44 bits per heavy atom. The first-order valence-corrected chi connectivity index (χ1v) is 8.53. The summed E-state index contributed by atoms with van der Waals surface area (Å²) in [5.74, 6) is 0.280. The van der Waals surface area contributed by atoms with Crippen LogP contribution in [0.3, 0.4) is 0 Å². The van der Waals surface area contributed by atoms with Gasteiger partial charge < -0.3 is 14.6 Å². The predicted octanol–water partition coefficient (Wildman–Crippen LogP) is 1.74. The van der Waals surface area contributed by atoms with E-state index in [0.717, 1.165) is 5.56 Å². The number of nitrogens with zero attached hydrogens (tertiary/aromatic N) is 2. The maximum absolute atomic E-state index is 12.4. The Balaban J connectivity index is 1.47. The molecule has 6 nitrogen and oxygen atoms in total. The lowest BCUT2D eigenvalue weighted by molar-refractivity contribution is -0.126. The summed E-state index contributed by atoms with van der Waals surface area (Å²) in [6.07, 6.45) is 1.50. The van der Waals surface area contributed by atoms with Crippen molar-refractivity contribution in [3.05, 3.63) is 60.1 Å². The second-order valence-corrected chi connectivity index (χ2v) is 6.18. The third kappa shape index (κ3) is 4.28. The van der Waals surface area contributed by atoms with E-state index in [1.807, 2.05) is 37.3 Å². The third-order valence-electron chi connectivity index (χ3n) is 4.57. The van der Waals surface area contributed by atoms with Crippen molar-refractivity contribution >= 4 is 11.8 Å². The normalized spacial score (nSPS) is 16.4. The highest BCUT2D eigenvalue weighted by molar-refractivity contribution is 5.91. The second-order valence-electron chi connectivity index (χ2n) is 6.18. The average molecular weight is 341 g/mol. The lowest BCUT2D eigenvalue weighted by atomic mass is 10.2. The molecule has 0 unspecified atom stereocenters. The number of nitrogens with one attached hydrogen (secondary N) is 1. The van der Waals surface area contributed by atoms with Crippen LogP contribution >= 0.6 is 0 Å². The number of piperazine rings is 1. The molecule has 0 saturated carbocycles. The maximum Gasteiger partial charge on any atom is 0.289 e. The number of hydrogen-bond acceptors (Lipinski definition) is 4. The van der Waals surface area contributed by atoms with Gasteiger partial charge in [-0.2, -0.15) is 0 Å². The van der Waals surface area contributed by atoms with Crippen LogP contribution in [0, 0.1) is 0 Å². The van der Waals surface area contributed by atoms with Crippen LogP contribution in [0.4, 0.5) is 0 Å². The predicted molar refractivity (Wildman–Crippen MR) is 93.9 cm³/mol. The van der Waals surface area contributed by atoms with Gasteiger partial charge in [-0.3, -0.25) is 14.5 Å². The van der Waals surface area contributed by atoms with Crippen LogP contribution in [-0.2, 0) is 11.3 Å². The Labute approximate surface area is 147 Å². The van der Waals surface area contributed by atoms with Crippen LogP contribution in [0.25, 0.3) is 0 Å². The minimum atomic E-state index is -0.218. The number of furan rings is 1. The van der Waals surface area contributed by atoms with Crippen molar-refractivity contribution in [2.75, 3.05) is 26.2 Å². The SMILES string of the molecule is C[C@@H](C(=O)NCc1ccccc1)N1CCN(C(=O)c2ccco2)CC1. The molecule has 0 radical (unpaired) electrons. The number of carbonyl (C=O) groups is 2. The largest absolute Gasteiger partial charge is 0.459 e. The molecule has 1 aliphatic rings. The van der Waals surface area contributed by atoms with Crippen LogP contribution in [0.15, 0.2) is 53.1 Å². The summed E-state index contributed by atoms with van der Waals surface area (Å²) in [5.41, 5.74) is 1.08. The smallest absolute Gasteiger partial charge is 0.289 e. The molecule has 1 saturated heterocycles. The highest BCUT2D eigenvalue weighted by Crippen LogP contribution is 2.11. The fourth-order valence-corrected chi connectivity index (χ4v) is 2.97. The van der Waals surface area contributed by atoms with Crippen LogP contribution in [0.5, 0.6) is 0 Å². The van der Waals surface area contributed by atoms with Gasteiger partial charge in [0.25, 0.3) is 5.91 Å². The molecule has 0 bridgehead atoms. The topological polar surface area (TPSA) is 65.8 Å². The van der Waals surface area contributed by atoms with Crippen molar-refractivity contribution in [3.63, 3.8) is 0 Å². The first kappa shape index (κ1) is 17.2. The molecule has 2 heterocycles. The van der Waals surface area contributed by atoms with Crippen molar-refractivity contribution in [3.8, 4) is 0 Å². The Morgan fingerprint density at radius 2 is 1.80 bits per heavy atom. The van der Waals surface area contributed by atoms with Crippen LogP contribution in [0.1, 0.15) is 23.0 Å². The summed E-state index contributed by atoms with van der Waals surface area (Å²) in [6, 6.07) is 13.0. The third-order valence-corrected chi connectivity index (χ3v) is 4.57. The molecule has 6 heteroatoms. The molecule has 1 N–H and O–H groups in total. The molecule has 0 spiro atoms. The number of benzene rings is 1. The number of carbonyl (C=O) groups excluding carboxylic acids is 2. The minimum Gasteiger partial charge on any atom is -0.459 e. The molecule has 1 aliphatic heterocycles. The van der Waals surface area contributed by atoms with E-state index in [2.05, 4.69) is 10.2 Å². The summed E-state index contributed by atoms with van der Waals surface area (Å²) in [4.78, 5) is 28.5. The zero-order valence-electron chi connectivity index (χ0n) is 14.4. The Bertz CT molecular complexity index is 692.